The largest absolute Gasteiger partial charge is 0.490 e. The van der Waals surface area contributed by atoms with Gasteiger partial charge in [-0.05, 0) is 31.2 Å². The summed E-state index contributed by atoms with van der Waals surface area (Å²) in [6.07, 6.45) is 1.40. The van der Waals surface area contributed by atoms with Gasteiger partial charge < -0.3 is 9.47 Å². The van der Waals surface area contributed by atoms with Gasteiger partial charge in [-0.25, -0.2) is 4.98 Å². The zero-order chi connectivity index (χ0) is 21.3. The molecule has 3 rings (SSSR count). The zero-order valence-corrected chi connectivity index (χ0v) is 16.5. The van der Waals surface area contributed by atoms with E-state index >= 15 is 0 Å². The maximum Gasteiger partial charge on any atom is 0.276 e. The topological polar surface area (TPSA) is 112 Å². The number of rotatable bonds is 8. The Morgan fingerprint density at radius 1 is 0.967 bits per heavy atom. The minimum atomic E-state index is -0.529. The third-order valence-corrected chi connectivity index (χ3v) is 4.16. The predicted octanol–water partition coefficient (Wildman–Crippen LogP) is 1.41. The first-order valence-electron chi connectivity index (χ1n) is 9.45. The van der Waals surface area contributed by atoms with Crippen molar-refractivity contribution in [3.05, 3.63) is 65.2 Å². The average Bonchev–Trinajstić information content (AvgIpc) is 2.77. The van der Waals surface area contributed by atoms with Crippen molar-refractivity contribution >= 4 is 22.7 Å². The molecule has 0 atom stereocenters. The van der Waals surface area contributed by atoms with Crippen molar-refractivity contribution in [2.24, 2.45) is 0 Å². The van der Waals surface area contributed by atoms with Crippen LogP contribution in [0.5, 0.6) is 11.5 Å². The van der Waals surface area contributed by atoms with Crippen LogP contribution in [-0.2, 0) is 16.1 Å². The van der Waals surface area contributed by atoms with E-state index in [4.69, 9.17) is 9.47 Å². The van der Waals surface area contributed by atoms with Crippen LogP contribution in [0.4, 0.5) is 0 Å². The van der Waals surface area contributed by atoms with E-state index in [1.165, 1.54) is 10.9 Å². The number of benzene rings is 2. The Hall–Kier alpha value is -3.88. The number of hydrogen-bond acceptors (Lipinski definition) is 6. The van der Waals surface area contributed by atoms with Crippen molar-refractivity contribution in [3.8, 4) is 11.5 Å². The first kappa shape index (κ1) is 20.8. The summed E-state index contributed by atoms with van der Waals surface area (Å²) in [4.78, 5) is 40.5. The monoisotopic (exact) mass is 410 g/mol. The Labute approximate surface area is 172 Å². The first-order chi connectivity index (χ1) is 14.6. The fourth-order valence-electron chi connectivity index (χ4n) is 2.71. The predicted molar refractivity (Wildman–Crippen MR) is 110 cm³/mol. The number of hydrazine groups is 1. The minimum Gasteiger partial charge on any atom is -0.490 e. The van der Waals surface area contributed by atoms with Crippen molar-refractivity contribution in [3.63, 3.8) is 0 Å². The molecule has 0 saturated carbocycles. The van der Waals surface area contributed by atoms with Crippen LogP contribution in [0.2, 0.25) is 0 Å². The van der Waals surface area contributed by atoms with Crippen LogP contribution in [0.1, 0.15) is 13.3 Å². The number of carbonyl (C=O) groups is 2. The molecule has 0 aliphatic heterocycles. The number of hydrogen-bond donors (Lipinski definition) is 2. The van der Waals surface area contributed by atoms with Gasteiger partial charge in [0.1, 0.15) is 0 Å². The lowest BCUT2D eigenvalue weighted by Crippen LogP contribution is -2.44. The van der Waals surface area contributed by atoms with E-state index in [9.17, 15) is 14.4 Å². The van der Waals surface area contributed by atoms with Gasteiger partial charge >= 0.3 is 0 Å². The van der Waals surface area contributed by atoms with E-state index in [1.807, 2.05) is 6.92 Å². The molecule has 0 spiro atoms. The highest BCUT2D eigenvalue weighted by Crippen LogP contribution is 2.26. The Morgan fingerprint density at radius 3 is 2.40 bits per heavy atom. The van der Waals surface area contributed by atoms with Gasteiger partial charge in [0.15, 0.2) is 18.1 Å². The Bertz CT molecular complexity index is 1100. The van der Waals surface area contributed by atoms with Crippen LogP contribution >= 0.6 is 0 Å². The molecule has 156 valence electrons. The molecular formula is C21H22N4O5. The number of carbonyl (C=O) groups excluding carboxylic acids is 2. The summed E-state index contributed by atoms with van der Waals surface area (Å²) in [7, 11) is 0. The van der Waals surface area contributed by atoms with Gasteiger partial charge in [0.2, 0.25) is 5.91 Å². The van der Waals surface area contributed by atoms with Crippen LogP contribution < -0.4 is 25.9 Å². The molecule has 9 heteroatoms. The average molecular weight is 410 g/mol. The fourth-order valence-corrected chi connectivity index (χ4v) is 2.71. The van der Waals surface area contributed by atoms with E-state index in [-0.39, 0.29) is 25.1 Å². The van der Waals surface area contributed by atoms with Gasteiger partial charge in [0, 0.05) is 13.0 Å². The van der Waals surface area contributed by atoms with Gasteiger partial charge in [0.05, 0.1) is 23.8 Å². The number of nitrogens with zero attached hydrogens (tertiary/aromatic N) is 2. The Kier molecular flexibility index (Phi) is 6.99. The number of nitrogens with one attached hydrogen (secondary N) is 2. The van der Waals surface area contributed by atoms with Crippen molar-refractivity contribution in [1.29, 1.82) is 0 Å². The van der Waals surface area contributed by atoms with Gasteiger partial charge in [0.25, 0.3) is 11.5 Å². The lowest BCUT2D eigenvalue weighted by molar-refractivity contribution is -0.130. The molecular weight excluding hydrogens is 388 g/mol. The third kappa shape index (κ3) is 5.34. The number of fused-ring (bicyclic) bond motifs is 1. The molecule has 30 heavy (non-hydrogen) atoms. The fraction of sp³-hybridized carbons (Fsp3) is 0.238. The van der Waals surface area contributed by atoms with Crippen LogP contribution in [0.3, 0.4) is 0 Å². The SMILES string of the molecule is CCOc1ccccc1OCC(=O)NNC(=O)CCn1cnc2ccccc2c1=O. The van der Waals surface area contributed by atoms with Crippen molar-refractivity contribution in [1.82, 2.24) is 20.4 Å². The quantitative estimate of drug-likeness (QED) is 0.543. The number of amides is 2. The molecule has 2 N–H and O–H groups in total. The van der Waals surface area contributed by atoms with Crippen molar-refractivity contribution < 1.29 is 19.1 Å². The van der Waals surface area contributed by atoms with E-state index < -0.39 is 11.8 Å². The van der Waals surface area contributed by atoms with Gasteiger partial charge in [-0.1, -0.05) is 24.3 Å². The second kappa shape index (κ2) is 10.1. The van der Waals surface area contributed by atoms with Gasteiger partial charge in [-0.15, -0.1) is 0 Å². The van der Waals surface area contributed by atoms with Gasteiger partial charge in [-0.3, -0.25) is 29.8 Å². The summed E-state index contributed by atoms with van der Waals surface area (Å²) in [5.41, 5.74) is 4.95. The molecule has 9 nitrogen and oxygen atoms in total. The molecule has 0 saturated heterocycles. The minimum absolute atomic E-state index is 0.00572. The second-order valence-corrected chi connectivity index (χ2v) is 6.28. The Balaban J connectivity index is 1.45. The molecule has 3 aromatic rings. The van der Waals surface area contributed by atoms with E-state index in [1.54, 1.807) is 48.5 Å². The van der Waals surface area contributed by atoms with Crippen LogP contribution in [0, 0.1) is 0 Å². The molecule has 1 heterocycles. The number of aryl methyl sites for hydroxylation is 1. The molecule has 0 fully saturated rings. The van der Waals surface area contributed by atoms with Crippen LogP contribution in [-0.4, -0.2) is 34.6 Å². The maximum atomic E-state index is 12.4. The summed E-state index contributed by atoms with van der Waals surface area (Å²) in [5, 5.41) is 0.484. The summed E-state index contributed by atoms with van der Waals surface area (Å²) < 4.78 is 12.2. The second-order valence-electron chi connectivity index (χ2n) is 6.28. The molecule has 0 bridgehead atoms. The van der Waals surface area contributed by atoms with E-state index in [0.717, 1.165) is 0 Å². The molecule has 2 amide bonds. The first-order valence-corrected chi connectivity index (χ1v) is 9.45. The third-order valence-electron chi connectivity index (χ3n) is 4.16. The number of ether oxygens (including phenoxy) is 2. The molecule has 0 unspecified atom stereocenters. The van der Waals surface area contributed by atoms with Crippen LogP contribution in [0.25, 0.3) is 10.9 Å². The molecule has 0 aliphatic carbocycles. The summed E-state index contributed by atoms with van der Waals surface area (Å²) in [6, 6.07) is 14.0. The lowest BCUT2D eigenvalue weighted by atomic mass is 10.2. The highest BCUT2D eigenvalue weighted by molar-refractivity contribution is 5.82. The number of aromatic nitrogens is 2. The summed E-state index contributed by atoms with van der Waals surface area (Å²) in [5.74, 6) is -0.00686. The smallest absolute Gasteiger partial charge is 0.276 e. The standard InChI is InChI=1S/C21H22N4O5/c1-2-29-17-9-5-6-10-18(17)30-13-20(27)24-23-19(26)11-12-25-14-22-16-8-4-3-7-15(16)21(25)28/h3-10,14H,2,11-13H2,1H3,(H,23,26)(H,24,27). The van der Waals surface area contributed by atoms with E-state index in [2.05, 4.69) is 15.8 Å². The number of para-hydroxylation sites is 3. The maximum absolute atomic E-state index is 12.4. The molecule has 2 aromatic carbocycles. The zero-order valence-electron chi connectivity index (χ0n) is 16.5. The highest BCUT2D eigenvalue weighted by Gasteiger charge is 2.10. The Morgan fingerprint density at radius 2 is 1.63 bits per heavy atom. The highest BCUT2D eigenvalue weighted by atomic mass is 16.5. The molecule has 1 aromatic heterocycles. The van der Waals surface area contributed by atoms with Crippen LogP contribution in [0.15, 0.2) is 59.7 Å². The molecule has 0 radical (unpaired) electrons. The van der Waals surface area contributed by atoms with E-state index in [0.29, 0.717) is 29.0 Å². The molecule has 0 aliphatic rings. The summed E-state index contributed by atoms with van der Waals surface area (Å²) in [6.45, 7) is 2.16. The van der Waals surface area contributed by atoms with Crippen molar-refractivity contribution in [2.75, 3.05) is 13.2 Å². The van der Waals surface area contributed by atoms with Gasteiger partial charge in [-0.2, -0.15) is 0 Å². The summed E-state index contributed by atoms with van der Waals surface area (Å²) >= 11 is 0. The normalized spacial score (nSPS) is 10.4. The lowest BCUT2D eigenvalue weighted by Gasteiger charge is -2.12. The van der Waals surface area contributed by atoms with Crippen molar-refractivity contribution in [2.45, 2.75) is 19.9 Å².